The second-order valence-electron chi connectivity index (χ2n) is 10.9. The number of likely N-dealkylation sites (tertiary alicyclic amines) is 1. The first kappa shape index (κ1) is 29.9. The van der Waals surface area contributed by atoms with Crippen molar-refractivity contribution in [1.82, 2.24) is 24.0 Å². The van der Waals surface area contributed by atoms with Gasteiger partial charge in [0.15, 0.2) is 24.5 Å². The zero-order valence-corrected chi connectivity index (χ0v) is 24.9. The number of imide groups is 1. The number of ether oxygens (including phenoxy) is 5. The molecule has 6 rings (SSSR count). The average molecular weight is 624 g/mol. The van der Waals surface area contributed by atoms with Crippen LogP contribution in [0.25, 0.3) is 22.4 Å². The maximum absolute atomic E-state index is 13.6. The number of amides is 2. The zero-order valence-electron chi connectivity index (χ0n) is 24.9. The maximum Gasteiger partial charge on any atom is 0.303 e. The van der Waals surface area contributed by atoms with Gasteiger partial charge in [-0.1, -0.05) is 0 Å². The molecule has 0 N–H and O–H groups in total. The Hall–Kier alpha value is -5.12. The fraction of sp³-hybridized carbons (Fsp3) is 0.448. The molecule has 2 amide bonds. The molecule has 0 bridgehead atoms. The van der Waals surface area contributed by atoms with E-state index in [2.05, 4.69) is 9.97 Å². The van der Waals surface area contributed by atoms with Crippen LogP contribution in [-0.4, -0.2) is 97.8 Å². The Bertz CT molecular complexity index is 1760. The number of pyridine rings is 1. The lowest BCUT2D eigenvalue weighted by Crippen LogP contribution is -2.60. The molecule has 16 heteroatoms. The van der Waals surface area contributed by atoms with Gasteiger partial charge in [-0.2, -0.15) is 0 Å². The fourth-order valence-electron chi connectivity index (χ4n) is 6.46. The lowest BCUT2D eigenvalue weighted by atomic mass is 9.87. The second-order valence-corrected chi connectivity index (χ2v) is 10.9. The molecular formula is C29H29N5O11. The molecule has 0 aliphatic carbocycles. The molecule has 16 nitrogen and oxygen atoms in total. The third kappa shape index (κ3) is 4.81. The van der Waals surface area contributed by atoms with Gasteiger partial charge >= 0.3 is 23.9 Å². The van der Waals surface area contributed by atoms with Gasteiger partial charge in [-0.15, -0.1) is 0 Å². The number of esters is 4. The van der Waals surface area contributed by atoms with Gasteiger partial charge in [-0.25, -0.2) is 9.97 Å². The predicted molar refractivity (Wildman–Crippen MR) is 148 cm³/mol. The van der Waals surface area contributed by atoms with Gasteiger partial charge in [0.25, 0.3) is 5.91 Å². The summed E-state index contributed by atoms with van der Waals surface area (Å²) in [6.45, 7) is 4.17. The van der Waals surface area contributed by atoms with E-state index in [0.717, 1.165) is 25.7 Å². The standard InChI is InChI=1S/C29H29N5O11/c1-12(35)41-10-18-23(42-13(2)36)24(43-14(3)37)25(44-15(4)38)29(45-18)34-21-17-9-30-11-33(17)22-20(27(39)32(5)28(22)40)19(21)16-7-6-8-31-26(16)34/h6-9,11,18,20,22-25,29H,10H2,1-5H3/t18-,20?,22?,23-,24+,25-,29-/m1/s1. The van der Waals surface area contributed by atoms with Crippen LogP contribution in [0, 0.1) is 0 Å². The molecule has 3 aromatic heterocycles. The van der Waals surface area contributed by atoms with Crippen molar-refractivity contribution in [3.63, 3.8) is 0 Å². The minimum atomic E-state index is -1.44. The van der Waals surface area contributed by atoms with Crippen LogP contribution in [0.5, 0.6) is 0 Å². The van der Waals surface area contributed by atoms with Crippen molar-refractivity contribution in [2.75, 3.05) is 13.7 Å². The first-order valence-corrected chi connectivity index (χ1v) is 14.0. The summed E-state index contributed by atoms with van der Waals surface area (Å²) in [7, 11) is 1.41. The summed E-state index contributed by atoms with van der Waals surface area (Å²) in [6, 6.07) is 2.51. The summed E-state index contributed by atoms with van der Waals surface area (Å²) < 4.78 is 31.8. The number of rotatable bonds is 6. The zero-order chi connectivity index (χ0) is 32.3. The van der Waals surface area contributed by atoms with Gasteiger partial charge < -0.3 is 28.3 Å². The predicted octanol–water partition coefficient (Wildman–Crippen LogP) is 0.792. The normalized spacial score (nSPS) is 27.0. The quantitative estimate of drug-likeness (QED) is 0.213. The molecule has 0 spiro atoms. The summed E-state index contributed by atoms with van der Waals surface area (Å²) in [5.41, 5.74) is 1.59. The summed E-state index contributed by atoms with van der Waals surface area (Å²) in [4.78, 5) is 85.8. The maximum atomic E-state index is 13.6. The van der Waals surface area contributed by atoms with Crippen LogP contribution in [0.1, 0.15) is 51.4 Å². The summed E-state index contributed by atoms with van der Waals surface area (Å²) >= 11 is 0. The summed E-state index contributed by atoms with van der Waals surface area (Å²) in [6.07, 6.45) is -2.34. The molecule has 0 aromatic carbocycles. The number of carbonyl (C=O) groups excluding carboxylic acids is 6. The molecule has 7 atom stereocenters. The molecule has 2 unspecified atom stereocenters. The van der Waals surface area contributed by atoms with E-state index in [9.17, 15) is 28.8 Å². The molecule has 3 aliphatic rings. The smallest absolute Gasteiger partial charge is 0.303 e. The van der Waals surface area contributed by atoms with Gasteiger partial charge in [0.1, 0.15) is 24.4 Å². The van der Waals surface area contributed by atoms with Crippen LogP contribution in [0.3, 0.4) is 0 Å². The monoisotopic (exact) mass is 623 g/mol. The van der Waals surface area contributed by atoms with E-state index < -0.39 is 84.9 Å². The number of carbonyl (C=O) groups is 6. The SMILES string of the molecule is CC(=O)OC[C@H]1O[C@@H](n2c3c(c4cccnc42)C2C(=O)N(C)C(=O)C2n2cncc2-3)[C@H](OC(C)=O)[C@@H](OC(C)=O)[C@@H]1OC(C)=O. The average Bonchev–Trinajstić information content (AvgIpc) is 3.64. The number of fused-ring (bicyclic) bond motifs is 8. The first-order valence-electron chi connectivity index (χ1n) is 14.0. The molecule has 0 radical (unpaired) electrons. The molecule has 2 saturated heterocycles. The highest BCUT2D eigenvalue weighted by Gasteiger charge is 2.57. The highest BCUT2D eigenvalue weighted by molar-refractivity contribution is 6.12. The number of aromatic nitrogens is 4. The number of likely N-dealkylation sites (N-methyl/N-ethyl adjacent to an activating group) is 1. The van der Waals surface area contributed by atoms with E-state index in [1.165, 1.54) is 32.7 Å². The Morgan fingerprint density at radius 3 is 2.24 bits per heavy atom. The first-order chi connectivity index (χ1) is 21.4. The van der Waals surface area contributed by atoms with Crippen molar-refractivity contribution in [2.24, 2.45) is 0 Å². The van der Waals surface area contributed by atoms with E-state index in [1.807, 2.05) is 0 Å². The van der Waals surface area contributed by atoms with Crippen LogP contribution >= 0.6 is 0 Å². The fourth-order valence-corrected chi connectivity index (χ4v) is 6.46. The van der Waals surface area contributed by atoms with E-state index in [0.29, 0.717) is 22.3 Å². The third-order valence-electron chi connectivity index (χ3n) is 8.04. The third-order valence-corrected chi connectivity index (χ3v) is 8.04. The highest BCUT2D eigenvalue weighted by Crippen LogP contribution is 2.52. The summed E-state index contributed by atoms with van der Waals surface area (Å²) in [5, 5.41) is 0.513. The van der Waals surface area contributed by atoms with Gasteiger partial charge in [-0.05, 0) is 12.1 Å². The number of hydrogen-bond acceptors (Lipinski definition) is 13. The van der Waals surface area contributed by atoms with Gasteiger partial charge in [-0.3, -0.25) is 38.2 Å². The number of nitrogens with zero attached hydrogens (tertiary/aromatic N) is 5. The highest BCUT2D eigenvalue weighted by atomic mass is 16.7. The Balaban J connectivity index is 1.62. The van der Waals surface area contributed by atoms with Crippen LogP contribution in [0.15, 0.2) is 30.9 Å². The van der Waals surface area contributed by atoms with Crippen LogP contribution < -0.4 is 0 Å². The molecule has 0 saturated carbocycles. The molecule has 6 heterocycles. The van der Waals surface area contributed by atoms with Crippen molar-refractivity contribution in [1.29, 1.82) is 0 Å². The largest absolute Gasteiger partial charge is 0.463 e. The van der Waals surface area contributed by atoms with Gasteiger partial charge in [0.2, 0.25) is 5.91 Å². The topological polar surface area (TPSA) is 187 Å². The van der Waals surface area contributed by atoms with Crippen molar-refractivity contribution >= 4 is 46.7 Å². The Morgan fingerprint density at radius 1 is 0.911 bits per heavy atom. The van der Waals surface area contributed by atoms with Crippen molar-refractivity contribution in [3.05, 3.63) is 36.4 Å². The molecule has 45 heavy (non-hydrogen) atoms. The lowest BCUT2D eigenvalue weighted by molar-refractivity contribution is -0.267. The summed E-state index contributed by atoms with van der Waals surface area (Å²) in [5.74, 6) is -4.76. The van der Waals surface area contributed by atoms with E-state index >= 15 is 0 Å². The van der Waals surface area contributed by atoms with E-state index in [4.69, 9.17) is 23.7 Å². The Labute approximate surface area is 255 Å². The van der Waals surface area contributed by atoms with Crippen molar-refractivity contribution in [3.8, 4) is 11.4 Å². The minimum absolute atomic E-state index is 0.284. The molecule has 3 aromatic rings. The second kappa shape index (κ2) is 11.1. The van der Waals surface area contributed by atoms with Crippen LogP contribution in [0.4, 0.5) is 0 Å². The lowest BCUT2D eigenvalue weighted by Gasteiger charge is -2.45. The van der Waals surface area contributed by atoms with Crippen molar-refractivity contribution in [2.45, 2.75) is 70.3 Å². The number of imidazole rings is 1. The van der Waals surface area contributed by atoms with E-state index in [-0.39, 0.29) is 5.65 Å². The Kier molecular flexibility index (Phi) is 7.39. The minimum Gasteiger partial charge on any atom is -0.463 e. The van der Waals surface area contributed by atoms with Crippen molar-refractivity contribution < 1.29 is 52.5 Å². The van der Waals surface area contributed by atoms with Crippen LogP contribution in [-0.2, 0) is 52.5 Å². The number of hydrogen-bond donors (Lipinski definition) is 0. The van der Waals surface area contributed by atoms with Gasteiger partial charge in [0, 0.05) is 51.9 Å². The molecule has 3 aliphatic heterocycles. The molecule has 236 valence electrons. The van der Waals surface area contributed by atoms with E-state index in [1.54, 1.807) is 21.3 Å². The van der Waals surface area contributed by atoms with Gasteiger partial charge in [0.05, 0.1) is 29.8 Å². The Morgan fingerprint density at radius 2 is 1.58 bits per heavy atom. The van der Waals surface area contributed by atoms with Crippen LogP contribution in [0.2, 0.25) is 0 Å². The molecular weight excluding hydrogens is 594 g/mol. The molecule has 2 fully saturated rings.